The molecule has 0 aromatic carbocycles. The molecule has 0 unspecified atom stereocenters. The van der Waals surface area contributed by atoms with Crippen LogP contribution in [0.25, 0.3) is 0 Å². The summed E-state index contributed by atoms with van der Waals surface area (Å²) < 4.78 is 0. The molecule has 23 heavy (non-hydrogen) atoms. The smallest absolute Gasteiger partial charge is 0.0658 e. The molecule has 2 nitrogen and oxygen atoms in total. The normalized spacial score (nSPS) is 60.7. The summed E-state index contributed by atoms with van der Waals surface area (Å²) in [5.41, 5.74) is 2.04. The zero-order chi connectivity index (χ0) is 16.0. The fraction of sp³-hybridized carbons (Fsp3) is 0.905. The Bertz CT molecular complexity index is 564. The second-order valence-corrected chi connectivity index (χ2v) is 10.1. The maximum atomic E-state index is 10.6. The Balaban J connectivity index is 1.48. The molecule has 2 heteroatoms. The standard InChI is InChI=1S/C21H32O2/c1-19-9-7-14(22)11-13(19)3-4-15-16(19)8-10-21-12-20(2,23)18(21)6-5-17(15)21/h3,14-18,22-23H,4-12H2,1-2H3/t14-,15+,16-,17-,18+,19-,20+,21+/m0/s1. The first-order chi connectivity index (χ1) is 10.9. The lowest BCUT2D eigenvalue weighted by Crippen LogP contribution is -2.63. The molecular formula is C21H32O2. The van der Waals surface area contributed by atoms with Gasteiger partial charge < -0.3 is 10.2 Å². The molecular weight excluding hydrogens is 284 g/mol. The van der Waals surface area contributed by atoms with Gasteiger partial charge in [-0.15, -0.1) is 0 Å². The van der Waals surface area contributed by atoms with E-state index in [1.54, 1.807) is 5.57 Å². The molecule has 5 aliphatic carbocycles. The zero-order valence-corrected chi connectivity index (χ0v) is 14.7. The van der Waals surface area contributed by atoms with Crippen LogP contribution >= 0.6 is 0 Å². The van der Waals surface area contributed by atoms with Crippen LogP contribution in [0.5, 0.6) is 0 Å². The summed E-state index contributed by atoms with van der Waals surface area (Å²) in [5, 5.41) is 20.7. The molecule has 0 saturated heterocycles. The molecule has 1 spiro atoms. The van der Waals surface area contributed by atoms with Gasteiger partial charge in [0.05, 0.1) is 11.7 Å². The van der Waals surface area contributed by atoms with Crippen LogP contribution in [-0.2, 0) is 0 Å². The average Bonchev–Trinajstić information content (AvgIpc) is 2.82. The number of rotatable bonds is 0. The first kappa shape index (κ1) is 15.0. The van der Waals surface area contributed by atoms with Gasteiger partial charge >= 0.3 is 0 Å². The lowest BCUT2D eigenvalue weighted by atomic mass is 9.41. The number of aliphatic hydroxyl groups excluding tert-OH is 1. The maximum absolute atomic E-state index is 10.6. The minimum absolute atomic E-state index is 0.0987. The first-order valence-electron chi connectivity index (χ1n) is 9.97. The number of hydrogen-bond donors (Lipinski definition) is 2. The highest BCUT2D eigenvalue weighted by atomic mass is 16.3. The van der Waals surface area contributed by atoms with Crippen LogP contribution in [0.1, 0.15) is 71.6 Å². The van der Waals surface area contributed by atoms with E-state index in [2.05, 4.69) is 19.9 Å². The zero-order valence-electron chi connectivity index (χ0n) is 14.7. The molecule has 2 N–H and O–H groups in total. The van der Waals surface area contributed by atoms with Crippen LogP contribution in [-0.4, -0.2) is 21.9 Å². The summed E-state index contributed by atoms with van der Waals surface area (Å²) in [6, 6.07) is 0. The van der Waals surface area contributed by atoms with E-state index < -0.39 is 0 Å². The highest BCUT2D eigenvalue weighted by Gasteiger charge is 2.69. The van der Waals surface area contributed by atoms with Crippen molar-refractivity contribution in [3.63, 3.8) is 0 Å². The van der Waals surface area contributed by atoms with E-state index in [9.17, 15) is 10.2 Å². The average molecular weight is 316 g/mol. The largest absolute Gasteiger partial charge is 0.393 e. The molecule has 5 rings (SSSR count). The van der Waals surface area contributed by atoms with Crippen molar-refractivity contribution >= 4 is 0 Å². The summed E-state index contributed by atoms with van der Waals surface area (Å²) in [7, 11) is 0. The lowest BCUT2D eigenvalue weighted by molar-refractivity contribution is -0.213. The SMILES string of the molecule is C[C@]12CC[C@H](O)CC1=CC[C@H]1[C@@H]3CC[C@H]4[C@]3(CC[C@@H]12)C[C@@]4(C)O. The fourth-order valence-corrected chi connectivity index (χ4v) is 8.38. The summed E-state index contributed by atoms with van der Waals surface area (Å²) in [5.74, 6) is 3.10. The monoisotopic (exact) mass is 316 g/mol. The number of fused-ring (bicyclic) bond motifs is 4. The van der Waals surface area contributed by atoms with Crippen LogP contribution in [0, 0.1) is 34.5 Å². The molecule has 0 aliphatic heterocycles. The second kappa shape index (κ2) is 4.43. The van der Waals surface area contributed by atoms with E-state index in [4.69, 9.17) is 0 Å². The predicted octanol–water partition coefficient (Wildman–Crippen LogP) is 4.06. The van der Waals surface area contributed by atoms with E-state index in [0.29, 0.717) is 16.7 Å². The van der Waals surface area contributed by atoms with Gasteiger partial charge in [-0.2, -0.15) is 0 Å². The Kier molecular flexibility index (Phi) is 2.88. The number of hydrogen-bond acceptors (Lipinski definition) is 2. The Morgan fingerprint density at radius 1 is 1.04 bits per heavy atom. The quantitative estimate of drug-likeness (QED) is 0.662. The molecule has 0 amide bonds. The Labute approximate surface area is 140 Å². The van der Waals surface area contributed by atoms with Gasteiger partial charge in [-0.3, -0.25) is 0 Å². The van der Waals surface area contributed by atoms with E-state index in [-0.39, 0.29) is 11.7 Å². The number of allylic oxidation sites excluding steroid dienone is 1. The third-order valence-electron chi connectivity index (χ3n) is 9.23. The molecule has 0 aromatic rings. The lowest BCUT2D eigenvalue weighted by Gasteiger charge is -2.65. The fourth-order valence-electron chi connectivity index (χ4n) is 8.38. The molecule has 0 heterocycles. The van der Waals surface area contributed by atoms with Gasteiger partial charge in [0.25, 0.3) is 0 Å². The van der Waals surface area contributed by atoms with Crippen LogP contribution < -0.4 is 0 Å². The molecule has 5 aliphatic rings. The van der Waals surface area contributed by atoms with Crippen molar-refractivity contribution < 1.29 is 10.2 Å². The van der Waals surface area contributed by atoms with Gasteiger partial charge in [0.2, 0.25) is 0 Å². The van der Waals surface area contributed by atoms with Crippen LogP contribution in [0.3, 0.4) is 0 Å². The summed E-state index contributed by atoms with van der Waals surface area (Å²) in [6.45, 7) is 4.59. The van der Waals surface area contributed by atoms with Gasteiger partial charge in [0, 0.05) is 0 Å². The molecule has 8 atom stereocenters. The van der Waals surface area contributed by atoms with Crippen LogP contribution in [0.4, 0.5) is 0 Å². The van der Waals surface area contributed by atoms with E-state index >= 15 is 0 Å². The molecule has 4 saturated carbocycles. The van der Waals surface area contributed by atoms with E-state index in [1.165, 1.54) is 38.5 Å². The van der Waals surface area contributed by atoms with Crippen LogP contribution in [0.2, 0.25) is 0 Å². The maximum Gasteiger partial charge on any atom is 0.0658 e. The van der Waals surface area contributed by atoms with Crippen molar-refractivity contribution in [3.05, 3.63) is 11.6 Å². The number of aliphatic hydroxyl groups is 2. The third kappa shape index (κ3) is 1.73. The highest BCUT2D eigenvalue weighted by Crippen LogP contribution is 2.74. The Morgan fingerprint density at radius 2 is 1.87 bits per heavy atom. The van der Waals surface area contributed by atoms with Gasteiger partial charge in [0.1, 0.15) is 0 Å². The van der Waals surface area contributed by atoms with Gasteiger partial charge in [-0.1, -0.05) is 18.6 Å². The van der Waals surface area contributed by atoms with E-state index in [0.717, 1.165) is 37.0 Å². The minimum atomic E-state index is -0.379. The highest BCUT2D eigenvalue weighted by molar-refractivity contribution is 5.27. The Hall–Kier alpha value is -0.340. The van der Waals surface area contributed by atoms with Crippen molar-refractivity contribution in [2.75, 3.05) is 0 Å². The second-order valence-electron chi connectivity index (χ2n) is 10.1. The Morgan fingerprint density at radius 3 is 2.65 bits per heavy atom. The third-order valence-corrected chi connectivity index (χ3v) is 9.23. The topological polar surface area (TPSA) is 40.5 Å². The molecule has 0 aromatic heterocycles. The van der Waals surface area contributed by atoms with Gasteiger partial charge in [0.15, 0.2) is 0 Å². The van der Waals surface area contributed by atoms with Crippen molar-refractivity contribution in [2.45, 2.75) is 83.3 Å². The molecule has 0 radical (unpaired) electrons. The molecule has 4 fully saturated rings. The summed E-state index contributed by atoms with van der Waals surface area (Å²) in [4.78, 5) is 0. The van der Waals surface area contributed by atoms with Crippen molar-refractivity contribution in [1.82, 2.24) is 0 Å². The van der Waals surface area contributed by atoms with Crippen molar-refractivity contribution in [3.8, 4) is 0 Å². The molecule has 128 valence electrons. The minimum Gasteiger partial charge on any atom is -0.393 e. The molecule has 0 bridgehead atoms. The van der Waals surface area contributed by atoms with Crippen LogP contribution in [0.15, 0.2) is 11.6 Å². The van der Waals surface area contributed by atoms with Crippen molar-refractivity contribution in [2.24, 2.45) is 34.5 Å². The van der Waals surface area contributed by atoms with Gasteiger partial charge in [-0.05, 0) is 99.2 Å². The summed E-state index contributed by atoms with van der Waals surface area (Å²) in [6.07, 6.45) is 13.1. The summed E-state index contributed by atoms with van der Waals surface area (Å²) >= 11 is 0. The van der Waals surface area contributed by atoms with Gasteiger partial charge in [-0.25, -0.2) is 0 Å². The first-order valence-corrected chi connectivity index (χ1v) is 9.97. The van der Waals surface area contributed by atoms with E-state index in [1.807, 2.05) is 0 Å². The van der Waals surface area contributed by atoms with Crippen molar-refractivity contribution in [1.29, 1.82) is 0 Å². The predicted molar refractivity (Wildman–Crippen MR) is 90.8 cm³/mol.